The minimum atomic E-state index is -5.07. The highest BCUT2D eigenvalue weighted by atomic mass is 32.1. The van der Waals surface area contributed by atoms with Crippen molar-refractivity contribution >= 4 is 49.3 Å². The van der Waals surface area contributed by atoms with Crippen LogP contribution >= 0.6 is 11.3 Å². The number of anilines is 2. The Morgan fingerprint density at radius 1 is 1.20 bits per heavy atom. The highest BCUT2D eigenvalue weighted by Crippen LogP contribution is 2.47. The number of halogens is 6. The van der Waals surface area contributed by atoms with Gasteiger partial charge in [0.05, 0.1) is 27.4 Å². The quantitative estimate of drug-likeness (QED) is 0.179. The summed E-state index contributed by atoms with van der Waals surface area (Å²) in [7, 11) is 1.61. The van der Waals surface area contributed by atoms with E-state index in [2.05, 4.69) is 21.5 Å². The lowest BCUT2D eigenvalue weighted by molar-refractivity contribution is -0.137. The Balaban J connectivity index is 1.42. The molecule has 1 amide bonds. The maximum absolute atomic E-state index is 16.9. The number of alkyl halides is 4. The molecule has 0 radical (unpaired) electrons. The van der Waals surface area contributed by atoms with Crippen molar-refractivity contribution < 1.29 is 35.9 Å². The summed E-state index contributed by atoms with van der Waals surface area (Å²) in [4.78, 5) is 30.5. The number of ether oxygens (including phenoxy) is 1. The van der Waals surface area contributed by atoms with Gasteiger partial charge in [0.15, 0.2) is 10.9 Å². The molecule has 0 unspecified atom stereocenters. The van der Waals surface area contributed by atoms with E-state index in [0.29, 0.717) is 19.5 Å². The normalized spacial score (nSPS) is 24.2. The number of benzene rings is 2. The molecular weight excluding hydrogens is 672 g/mol. The summed E-state index contributed by atoms with van der Waals surface area (Å²) in [5, 5.41) is -0.346. The number of aromatic nitrogens is 3. The second-order valence-corrected chi connectivity index (χ2v) is 14.2. The van der Waals surface area contributed by atoms with Crippen molar-refractivity contribution in [3.8, 4) is 17.1 Å². The molecule has 0 saturated carbocycles. The molecule has 5 heterocycles. The number of likely N-dealkylation sites (N-methyl/N-ethyl adjacent to an activating group) is 1. The van der Waals surface area contributed by atoms with Crippen LogP contribution in [-0.4, -0.2) is 88.2 Å². The molecule has 2 aromatic heterocycles. The lowest BCUT2D eigenvalue weighted by Gasteiger charge is -2.32. The summed E-state index contributed by atoms with van der Waals surface area (Å²) in [5.41, 5.74) is 1.98. The van der Waals surface area contributed by atoms with Crippen LogP contribution in [0, 0.1) is 17.6 Å². The average molecular weight is 706 g/mol. The number of hydrogen-bond acceptors (Lipinski definition) is 9. The second-order valence-electron chi connectivity index (χ2n) is 13.1. The summed E-state index contributed by atoms with van der Waals surface area (Å²) in [6, 6.07) is 2.04. The van der Waals surface area contributed by atoms with Gasteiger partial charge in [-0.2, -0.15) is 23.1 Å². The fourth-order valence-corrected chi connectivity index (χ4v) is 8.54. The molecule has 4 atom stereocenters. The Hall–Kier alpha value is -4.18. The van der Waals surface area contributed by atoms with Crippen LogP contribution in [0.2, 0.25) is 0 Å². The van der Waals surface area contributed by atoms with Gasteiger partial charge in [-0.05, 0) is 49.6 Å². The number of nitrogens with zero attached hydrogens (tertiary/aromatic N) is 6. The number of amides is 1. The molecule has 49 heavy (non-hydrogen) atoms. The van der Waals surface area contributed by atoms with Crippen LogP contribution < -0.4 is 15.4 Å². The molecule has 2 N–H and O–H groups in total. The first kappa shape index (κ1) is 33.3. The minimum Gasteiger partial charge on any atom is -0.461 e. The number of thiazole rings is 1. The van der Waals surface area contributed by atoms with Gasteiger partial charge >= 0.3 is 12.2 Å². The van der Waals surface area contributed by atoms with Crippen molar-refractivity contribution in [2.45, 2.75) is 50.1 Å². The molecule has 0 aliphatic carbocycles. The molecule has 4 aromatic rings. The zero-order chi connectivity index (χ0) is 35.0. The third-order valence-electron chi connectivity index (χ3n) is 10.1. The SMILES string of the molecule is C=CC(=O)N1C[C@H](C)[C@@H](N(C)c2nc(OC[C@@]34CCCN3C[C@H](F)C4)nc3c(F)c(-c4ccc(F)c5sc(N)nc45)c(C(F)(F)F)cc23)C1. The lowest BCUT2D eigenvalue weighted by Crippen LogP contribution is -2.43. The Morgan fingerprint density at radius 3 is 2.71 bits per heavy atom. The minimum absolute atomic E-state index is 0.00464. The van der Waals surface area contributed by atoms with Gasteiger partial charge in [-0.3, -0.25) is 9.69 Å². The largest absolute Gasteiger partial charge is 0.461 e. The van der Waals surface area contributed by atoms with Gasteiger partial charge in [-0.25, -0.2) is 18.2 Å². The van der Waals surface area contributed by atoms with E-state index in [1.54, 1.807) is 16.8 Å². The van der Waals surface area contributed by atoms with Gasteiger partial charge in [0, 0.05) is 49.6 Å². The molecule has 9 nitrogen and oxygen atoms in total. The van der Waals surface area contributed by atoms with Crippen LogP contribution in [0.5, 0.6) is 6.01 Å². The van der Waals surface area contributed by atoms with Crippen molar-refractivity contribution in [3.63, 3.8) is 0 Å². The van der Waals surface area contributed by atoms with Crippen LogP contribution in [0.25, 0.3) is 32.2 Å². The molecule has 3 aliphatic heterocycles. The van der Waals surface area contributed by atoms with Crippen molar-refractivity contribution in [1.82, 2.24) is 24.8 Å². The monoisotopic (exact) mass is 705 g/mol. The standard InChI is InChI=1S/C33H33F6N7O2S/c1-4-23(47)45-12-16(2)22(14-45)44(3)29-19-10-20(33(37,38)39)24(18-6-7-21(35)28-27(18)41-30(40)49-28)25(36)26(19)42-31(43-29)48-15-32-8-5-9-46(32)13-17(34)11-32/h4,6-7,10,16-17,22H,1,5,8-9,11-15H2,2-3H3,(H2,40,41)/t16-,17+,22-,32-/m0/s1. The number of nitrogens with two attached hydrogens (primary N) is 1. The van der Waals surface area contributed by atoms with Crippen LogP contribution in [0.15, 0.2) is 30.9 Å². The molecule has 3 aliphatic rings. The molecule has 3 saturated heterocycles. The summed E-state index contributed by atoms with van der Waals surface area (Å²) in [6.07, 6.45) is -3.17. The predicted molar refractivity (Wildman–Crippen MR) is 174 cm³/mol. The number of rotatable bonds is 7. The molecular formula is C33H33F6N7O2S. The number of likely N-dealkylation sites (tertiary alicyclic amines) is 1. The second kappa shape index (κ2) is 12.0. The first-order valence-electron chi connectivity index (χ1n) is 15.8. The molecule has 3 fully saturated rings. The first-order chi connectivity index (χ1) is 23.2. The third-order valence-corrected chi connectivity index (χ3v) is 11.0. The zero-order valence-electron chi connectivity index (χ0n) is 26.7. The van der Waals surface area contributed by atoms with Crippen LogP contribution in [0.4, 0.5) is 37.3 Å². The van der Waals surface area contributed by atoms with Gasteiger partial charge in [-0.15, -0.1) is 0 Å². The fourth-order valence-electron chi connectivity index (χ4n) is 7.77. The van der Waals surface area contributed by atoms with E-state index >= 15 is 4.39 Å². The molecule has 16 heteroatoms. The van der Waals surface area contributed by atoms with Gasteiger partial charge < -0.3 is 20.3 Å². The Kier molecular flexibility index (Phi) is 8.16. The summed E-state index contributed by atoms with van der Waals surface area (Å²) >= 11 is 0.734. The Morgan fingerprint density at radius 2 is 1.98 bits per heavy atom. The maximum Gasteiger partial charge on any atom is 0.417 e. The van der Waals surface area contributed by atoms with Crippen molar-refractivity contribution in [2.75, 3.05) is 50.5 Å². The molecule has 0 bridgehead atoms. The van der Waals surface area contributed by atoms with E-state index < -0.39 is 52.2 Å². The van der Waals surface area contributed by atoms with Gasteiger partial charge in [0.1, 0.15) is 29.9 Å². The van der Waals surface area contributed by atoms with E-state index in [1.807, 2.05) is 11.8 Å². The van der Waals surface area contributed by atoms with E-state index in [1.165, 1.54) is 6.08 Å². The van der Waals surface area contributed by atoms with Crippen molar-refractivity contribution in [3.05, 3.63) is 48.1 Å². The Labute approximate surface area is 281 Å². The number of carbonyl (C=O) groups excluding carboxylic acids is 1. The summed E-state index contributed by atoms with van der Waals surface area (Å²) in [5.74, 6) is -2.59. The fraction of sp³-hybridized carbons (Fsp3) is 0.455. The maximum atomic E-state index is 16.9. The number of fused-ring (bicyclic) bond motifs is 3. The highest BCUT2D eigenvalue weighted by Gasteiger charge is 2.49. The number of nitrogen functional groups attached to an aromatic ring is 1. The number of carbonyl (C=O) groups is 1. The van der Waals surface area contributed by atoms with Crippen LogP contribution in [-0.2, 0) is 11.0 Å². The first-order valence-corrected chi connectivity index (χ1v) is 16.6. The Bertz CT molecular complexity index is 1990. The van der Waals surface area contributed by atoms with E-state index in [4.69, 9.17) is 10.5 Å². The molecule has 2 aromatic carbocycles. The van der Waals surface area contributed by atoms with E-state index in [9.17, 15) is 26.7 Å². The summed E-state index contributed by atoms with van der Waals surface area (Å²) < 4.78 is 96.7. The van der Waals surface area contributed by atoms with Gasteiger partial charge in [-0.1, -0.05) is 24.8 Å². The van der Waals surface area contributed by atoms with Gasteiger partial charge in [0.25, 0.3) is 0 Å². The third kappa shape index (κ3) is 5.62. The molecule has 260 valence electrons. The smallest absolute Gasteiger partial charge is 0.417 e. The lowest BCUT2D eigenvalue weighted by atomic mass is 9.94. The number of hydrogen-bond donors (Lipinski definition) is 1. The highest BCUT2D eigenvalue weighted by molar-refractivity contribution is 7.22. The van der Waals surface area contributed by atoms with Gasteiger partial charge in [0.2, 0.25) is 5.91 Å². The molecule has 7 rings (SSSR count). The van der Waals surface area contributed by atoms with Crippen molar-refractivity contribution in [2.24, 2.45) is 5.92 Å². The summed E-state index contributed by atoms with van der Waals surface area (Å²) in [6.45, 7) is 6.96. The topological polar surface area (TPSA) is 101 Å². The van der Waals surface area contributed by atoms with Crippen LogP contribution in [0.1, 0.15) is 31.7 Å². The van der Waals surface area contributed by atoms with Crippen molar-refractivity contribution in [1.29, 1.82) is 0 Å². The average Bonchev–Trinajstić information content (AvgIpc) is 3.81. The molecule has 0 spiro atoms. The van der Waals surface area contributed by atoms with Crippen LogP contribution in [0.3, 0.4) is 0 Å². The predicted octanol–water partition coefficient (Wildman–Crippen LogP) is 6.21. The van der Waals surface area contributed by atoms with E-state index in [0.717, 1.165) is 36.0 Å². The zero-order valence-corrected chi connectivity index (χ0v) is 27.5. The van der Waals surface area contributed by atoms with E-state index in [-0.39, 0.29) is 76.1 Å².